The summed E-state index contributed by atoms with van der Waals surface area (Å²) in [6.45, 7) is 3.09. The van der Waals surface area contributed by atoms with E-state index in [9.17, 15) is 19.1 Å². The zero-order valence-corrected chi connectivity index (χ0v) is 26.0. The van der Waals surface area contributed by atoms with E-state index in [1.165, 1.54) is 51.4 Å². The van der Waals surface area contributed by atoms with Crippen molar-refractivity contribution in [2.45, 2.75) is 51.3 Å². The van der Waals surface area contributed by atoms with Crippen LogP contribution in [0.15, 0.2) is 54.6 Å². The summed E-state index contributed by atoms with van der Waals surface area (Å²) in [5, 5.41) is 21.2. The smallest absolute Gasteiger partial charge is 0.418 e. The van der Waals surface area contributed by atoms with Crippen molar-refractivity contribution in [1.82, 2.24) is 25.1 Å². The van der Waals surface area contributed by atoms with Crippen LogP contribution in [0.2, 0.25) is 0 Å². The topological polar surface area (TPSA) is 162 Å². The highest BCUT2D eigenvalue weighted by Crippen LogP contribution is 2.40. The minimum absolute atomic E-state index is 0.0313. The number of rotatable bonds is 13. The van der Waals surface area contributed by atoms with Gasteiger partial charge in [-0.3, -0.25) is 9.69 Å². The van der Waals surface area contributed by atoms with Gasteiger partial charge in [0.15, 0.2) is 0 Å². The lowest BCUT2D eigenvalue weighted by Gasteiger charge is -2.32. The molecule has 1 unspecified atom stereocenters. The average molecular weight is 646 g/mol. The minimum Gasteiger partial charge on any atom is -0.460 e. The van der Waals surface area contributed by atoms with Crippen molar-refractivity contribution < 1.29 is 37.5 Å². The first kappa shape index (κ1) is 33.5. The molecule has 0 aliphatic heterocycles. The second kappa shape index (κ2) is 14.6. The van der Waals surface area contributed by atoms with Crippen LogP contribution in [0.1, 0.15) is 47.8 Å². The molecule has 1 amide bonds. The molecule has 0 aliphatic rings. The van der Waals surface area contributed by atoms with E-state index in [2.05, 4.69) is 20.4 Å². The number of carbonyl (C=O) groups is 2. The number of nitrogens with two attached hydrogens (primary N) is 1. The van der Waals surface area contributed by atoms with Gasteiger partial charge in [0.1, 0.15) is 36.2 Å². The van der Waals surface area contributed by atoms with Gasteiger partial charge in [0, 0.05) is 54.2 Å². The monoisotopic (exact) mass is 645 g/mol. The van der Waals surface area contributed by atoms with E-state index < -0.39 is 41.4 Å². The van der Waals surface area contributed by atoms with Crippen molar-refractivity contribution in [3.63, 3.8) is 0 Å². The molecule has 0 saturated heterocycles. The zero-order chi connectivity index (χ0) is 32.7. The SMILES string of the molecule is CNCC(=O)OCc1cccnc1N(C)C(=O)OC(C)[n+]1cnn(C[C@](O)(c2cc(F)ccc2F)[C@@H](C)c2nc(CN)cs2)c1. The number of nitrogens with zero attached hydrogens (tertiary/aromatic N) is 6. The Labute approximate surface area is 262 Å². The van der Waals surface area contributed by atoms with Gasteiger partial charge >= 0.3 is 12.1 Å². The van der Waals surface area contributed by atoms with Gasteiger partial charge in [0.25, 0.3) is 6.33 Å². The van der Waals surface area contributed by atoms with Crippen molar-refractivity contribution in [2.24, 2.45) is 5.73 Å². The summed E-state index contributed by atoms with van der Waals surface area (Å²) in [7, 11) is 3.09. The normalized spacial score (nSPS) is 14.0. The molecule has 4 rings (SSSR count). The Kier molecular flexibility index (Phi) is 10.9. The van der Waals surface area contributed by atoms with Gasteiger partial charge in [-0.1, -0.05) is 13.0 Å². The predicted octanol–water partition coefficient (Wildman–Crippen LogP) is 2.50. The number of halogens is 2. The molecule has 1 aromatic carbocycles. The fourth-order valence-corrected chi connectivity index (χ4v) is 5.51. The Bertz CT molecular complexity index is 1640. The molecule has 0 saturated carbocycles. The van der Waals surface area contributed by atoms with Gasteiger partial charge in [-0.15, -0.1) is 16.0 Å². The quantitative estimate of drug-likeness (QED) is 0.146. The van der Waals surface area contributed by atoms with Crippen molar-refractivity contribution in [3.05, 3.63) is 88.0 Å². The largest absolute Gasteiger partial charge is 0.460 e. The number of amides is 1. The lowest BCUT2D eigenvalue weighted by molar-refractivity contribution is -0.753. The van der Waals surface area contributed by atoms with E-state index >= 15 is 4.39 Å². The van der Waals surface area contributed by atoms with E-state index in [4.69, 9.17) is 15.2 Å². The highest BCUT2D eigenvalue weighted by Gasteiger charge is 2.43. The molecule has 16 heteroatoms. The molecule has 0 bridgehead atoms. The fourth-order valence-electron chi connectivity index (χ4n) is 4.53. The Morgan fingerprint density at radius 1 is 1.29 bits per heavy atom. The number of hydrogen-bond donors (Lipinski definition) is 3. The third-order valence-electron chi connectivity index (χ3n) is 7.12. The second-order valence-electron chi connectivity index (χ2n) is 10.3. The molecular weight excluding hydrogens is 610 g/mol. The van der Waals surface area contributed by atoms with Crippen molar-refractivity contribution in [1.29, 1.82) is 0 Å². The highest BCUT2D eigenvalue weighted by atomic mass is 32.1. The first-order valence-corrected chi connectivity index (χ1v) is 14.8. The maximum atomic E-state index is 15.1. The molecule has 3 heterocycles. The van der Waals surface area contributed by atoms with Crippen LogP contribution in [0.4, 0.5) is 19.4 Å². The van der Waals surface area contributed by atoms with Gasteiger partial charge in [-0.25, -0.2) is 23.5 Å². The van der Waals surface area contributed by atoms with Crippen LogP contribution in [0, 0.1) is 11.6 Å². The Morgan fingerprint density at radius 2 is 2.07 bits per heavy atom. The molecule has 0 fully saturated rings. The molecule has 4 N–H and O–H groups in total. The first-order chi connectivity index (χ1) is 21.5. The standard InChI is InChI=1S/C29H35F2N8O5S/c1-18(27-36-22(11-32)14-45-27)29(42,23-10-21(30)7-8-24(23)31)15-39-17-38(16-35-39)19(2)44-28(41)37(4)26-20(6-5-9-34-26)13-43-25(40)12-33-3/h5-10,14,16-19,33,42H,11-13,15,32H2,1-4H3/q+1/t18-,19?,29+/m0/s1. The number of thiazole rings is 1. The van der Waals surface area contributed by atoms with Crippen molar-refractivity contribution >= 4 is 29.2 Å². The van der Waals surface area contributed by atoms with Crippen LogP contribution in [0.3, 0.4) is 0 Å². The highest BCUT2D eigenvalue weighted by molar-refractivity contribution is 7.09. The molecule has 13 nitrogen and oxygen atoms in total. The van der Waals surface area contributed by atoms with E-state index in [1.54, 1.807) is 38.4 Å². The van der Waals surface area contributed by atoms with Gasteiger partial charge in [-0.2, -0.15) is 4.57 Å². The third kappa shape index (κ3) is 7.83. The summed E-state index contributed by atoms with van der Waals surface area (Å²) < 4.78 is 43.0. The molecule has 45 heavy (non-hydrogen) atoms. The van der Waals surface area contributed by atoms with Crippen LogP contribution in [-0.2, 0) is 39.6 Å². The van der Waals surface area contributed by atoms with Gasteiger partial charge in [0.05, 0.1) is 17.2 Å². The Balaban J connectivity index is 1.52. The maximum Gasteiger partial charge on any atom is 0.418 e. The summed E-state index contributed by atoms with van der Waals surface area (Å²) in [4.78, 5) is 34.7. The summed E-state index contributed by atoms with van der Waals surface area (Å²) in [6.07, 6.45) is 2.70. The van der Waals surface area contributed by atoms with E-state index in [0.29, 0.717) is 16.3 Å². The van der Waals surface area contributed by atoms with Crippen LogP contribution in [-0.4, -0.2) is 57.6 Å². The Hall–Kier alpha value is -4.38. The summed E-state index contributed by atoms with van der Waals surface area (Å²) >= 11 is 1.25. The van der Waals surface area contributed by atoms with Crippen molar-refractivity contribution in [2.75, 3.05) is 25.5 Å². The second-order valence-corrected chi connectivity index (χ2v) is 11.2. The van der Waals surface area contributed by atoms with E-state index in [-0.39, 0.29) is 37.6 Å². The van der Waals surface area contributed by atoms with Crippen LogP contribution in [0.25, 0.3) is 0 Å². The number of esters is 1. The maximum absolute atomic E-state index is 15.1. The average Bonchev–Trinajstić information content (AvgIpc) is 3.70. The first-order valence-electron chi connectivity index (χ1n) is 13.9. The fraction of sp³-hybridized carbons (Fsp3) is 0.379. The zero-order valence-electron chi connectivity index (χ0n) is 25.2. The van der Waals surface area contributed by atoms with Gasteiger partial charge in [0.2, 0.25) is 12.6 Å². The minimum atomic E-state index is -1.98. The lowest BCUT2D eigenvalue weighted by Crippen LogP contribution is -2.42. The Morgan fingerprint density at radius 3 is 2.78 bits per heavy atom. The number of pyridine rings is 1. The van der Waals surface area contributed by atoms with Gasteiger partial charge < -0.3 is 25.6 Å². The van der Waals surface area contributed by atoms with Crippen LogP contribution >= 0.6 is 11.3 Å². The number of ether oxygens (including phenoxy) is 2. The van der Waals surface area contributed by atoms with E-state index in [1.807, 2.05) is 0 Å². The molecular formula is C29H35F2N8O5S+. The summed E-state index contributed by atoms with van der Waals surface area (Å²) in [5.41, 5.74) is 4.56. The number of anilines is 1. The van der Waals surface area contributed by atoms with Crippen LogP contribution in [0.5, 0.6) is 0 Å². The number of nitrogens with one attached hydrogen (secondary N) is 1. The summed E-state index contributed by atoms with van der Waals surface area (Å²) in [6, 6.07) is 6.21. The molecule has 3 aromatic heterocycles. The number of likely N-dealkylation sites (N-methyl/N-ethyl adjacent to an activating group) is 1. The molecule has 3 atom stereocenters. The van der Waals surface area contributed by atoms with Gasteiger partial charge in [-0.05, 0) is 31.3 Å². The number of carbonyl (C=O) groups excluding carboxylic acids is 2. The van der Waals surface area contributed by atoms with E-state index in [0.717, 1.165) is 18.2 Å². The summed E-state index contributed by atoms with van der Waals surface area (Å²) in [5.74, 6) is -2.52. The molecule has 0 radical (unpaired) electrons. The molecule has 4 aromatic rings. The molecule has 240 valence electrons. The number of hydrogen-bond acceptors (Lipinski definition) is 11. The number of aromatic nitrogens is 5. The molecule has 0 aliphatic carbocycles. The number of benzene rings is 1. The van der Waals surface area contributed by atoms with Crippen molar-refractivity contribution in [3.8, 4) is 0 Å². The lowest BCUT2D eigenvalue weighted by atomic mass is 9.82. The molecule has 0 spiro atoms. The predicted molar refractivity (Wildman–Crippen MR) is 159 cm³/mol. The third-order valence-corrected chi connectivity index (χ3v) is 8.20. The number of aliphatic hydroxyl groups is 1. The van der Waals surface area contributed by atoms with Crippen LogP contribution < -0.4 is 20.5 Å².